The van der Waals surface area contributed by atoms with E-state index in [0.29, 0.717) is 5.25 Å². The molecule has 1 aliphatic rings. The van der Waals surface area contributed by atoms with Gasteiger partial charge in [0.05, 0.1) is 0 Å². The lowest BCUT2D eigenvalue weighted by Crippen LogP contribution is -2.37. The molecule has 1 rings (SSSR count). The van der Waals surface area contributed by atoms with Gasteiger partial charge < -0.3 is 5.32 Å². The van der Waals surface area contributed by atoms with E-state index in [2.05, 4.69) is 12.2 Å². The van der Waals surface area contributed by atoms with Gasteiger partial charge in [0.25, 0.3) is 5.91 Å². The summed E-state index contributed by atoms with van der Waals surface area (Å²) in [6.45, 7) is 2.08. The van der Waals surface area contributed by atoms with Crippen molar-refractivity contribution in [2.75, 3.05) is 5.75 Å². The molecular formula is C9H15F2NOS. The summed E-state index contributed by atoms with van der Waals surface area (Å²) in [7, 11) is 0. The standard InChI is InChI=1S/C9H15F2NOS/c1-2-14-7-4-3-6(5-7)12-9(13)8(10)11/h6-8H,2-5H2,1H3,(H,12,13). The number of halogens is 2. The Morgan fingerprint density at radius 3 is 2.86 bits per heavy atom. The Bertz CT molecular complexity index is 201. The molecule has 0 saturated heterocycles. The third kappa shape index (κ3) is 3.44. The average molecular weight is 223 g/mol. The number of nitrogens with one attached hydrogen (secondary N) is 1. The zero-order valence-electron chi connectivity index (χ0n) is 8.13. The molecule has 0 aromatic rings. The summed E-state index contributed by atoms with van der Waals surface area (Å²) in [5.41, 5.74) is 0. The fourth-order valence-electron chi connectivity index (χ4n) is 1.72. The van der Waals surface area contributed by atoms with Crippen molar-refractivity contribution in [3.8, 4) is 0 Å². The van der Waals surface area contributed by atoms with E-state index < -0.39 is 12.3 Å². The van der Waals surface area contributed by atoms with Crippen LogP contribution in [0, 0.1) is 0 Å². The van der Waals surface area contributed by atoms with E-state index in [9.17, 15) is 13.6 Å². The summed E-state index contributed by atoms with van der Waals surface area (Å²) >= 11 is 1.84. The van der Waals surface area contributed by atoms with Gasteiger partial charge in [0.2, 0.25) is 0 Å². The second kappa shape index (κ2) is 5.53. The van der Waals surface area contributed by atoms with Crippen molar-refractivity contribution < 1.29 is 13.6 Å². The lowest BCUT2D eigenvalue weighted by Gasteiger charge is -2.12. The Kier molecular flexibility index (Phi) is 4.65. The van der Waals surface area contributed by atoms with Crippen molar-refractivity contribution in [3.05, 3.63) is 0 Å². The SMILES string of the molecule is CCSC1CCC(NC(=O)C(F)F)C1. The fourth-order valence-corrected chi connectivity index (χ4v) is 2.87. The molecule has 1 N–H and O–H groups in total. The predicted octanol–water partition coefficient (Wildman–Crippen LogP) is 2.04. The summed E-state index contributed by atoms with van der Waals surface area (Å²) in [6.07, 6.45) is -0.201. The Hall–Kier alpha value is -0.320. The summed E-state index contributed by atoms with van der Waals surface area (Å²) in [6, 6.07) is -0.0412. The largest absolute Gasteiger partial charge is 0.348 e. The van der Waals surface area contributed by atoms with Gasteiger partial charge in [-0.1, -0.05) is 6.92 Å². The van der Waals surface area contributed by atoms with E-state index >= 15 is 0 Å². The second-order valence-corrected chi connectivity index (χ2v) is 4.97. The van der Waals surface area contributed by atoms with Crippen LogP contribution in [0.25, 0.3) is 0 Å². The van der Waals surface area contributed by atoms with Crippen molar-refractivity contribution >= 4 is 17.7 Å². The molecule has 0 aliphatic heterocycles. The van der Waals surface area contributed by atoms with Crippen molar-refractivity contribution in [1.29, 1.82) is 0 Å². The monoisotopic (exact) mass is 223 g/mol. The quantitative estimate of drug-likeness (QED) is 0.790. The number of hydrogen-bond acceptors (Lipinski definition) is 2. The van der Waals surface area contributed by atoms with Gasteiger partial charge in [0.1, 0.15) is 0 Å². The van der Waals surface area contributed by atoms with E-state index in [-0.39, 0.29) is 6.04 Å². The van der Waals surface area contributed by atoms with Crippen LogP contribution in [-0.2, 0) is 4.79 Å². The number of rotatable bonds is 4. The van der Waals surface area contributed by atoms with E-state index in [1.165, 1.54) is 0 Å². The molecule has 0 bridgehead atoms. The highest BCUT2D eigenvalue weighted by atomic mass is 32.2. The van der Waals surface area contributed by atoms with E-state index in [1.54, 1.807) is 0 Å². The van der Waals surface area contributed by atoms with E-state index in [4.69, 9.17) is 0 Å². The van der Waals surface area contributed by atoms with Gasteiger partial charge in [0.15, 0.2) is 0 Å². The van der Waals surface area contributed by atoms with E-state index in [1.807, 2.05) is 11.8 Å². The first-order valence-corrected chi connectivity index (χ1v) is 5.88. The molecule has 14 heavy (non-hydrogen) atoms. The summed E-state index contributed by atoms with van der Waals surface area (Å²) in [5, 5.41) is 2.89. The molecule has 2 nitrogen and oxygen atoms in total. The van der Waals surface area contributed by atoms with Gasteiger partial charge in [0, 0.05) is 11.3 Å². The molecule has 5 heteroatoms. The van der Waals surface area contributed by atoms with Gasteiger partial charge in [-0.2, -0.15) is 20.5 Å². The maximum atomic E-state index is 11.9. The topological polar surface area (TPSA) is 29.1 Å². The number of carbonyl (C=O) groups is 1. The molecule has 0 heterocycles. The summed E-state index contributed by atoms with van der Waals surface area (Å²) < 4.78 is 23.8. The van der Waals surface area contributed by atoms with Crippen LogP contribution in [0.3, 0.4) is 0 Å². The predicted molar refractivity (Wildman–Crippen MR) is 53.7 cm³/mol. The molecule has 2 atom stereocenters. The van der Waals surface area contributed by atoms with Crippen LogP contribution < -0.4 is 5.32 Å². The molecule has 1 aliphatic carbocycles. The summed E-state index contributed by atoms with van der Waals surface area (Å²) in [4.78, 5) is 10.7. The van der Waals surface area contributed by atoms with Crippen molar-refractivity contribution in [3.63, 3.8) is 0 Å². The molecule has 0 spiro atoms. The third-order valence-corrected chi connectivity index (χ3v) is 3.56. The van der Waals surface area contributed by atoms with Crippen LogP contribution in [0.2, 0.25) is 0 Å². The van der Waals surface area contributed by atoms with Gasteiger partial charge in [-0.05, 0) is 25.0 Å². The molecular weight excluding hydrogens is 208 g/mol. The first-order chi connectivity index (χ1) is 6.63. The normalized spacial score (nSPS) is 26.9. The van der Waals surface area contributed by atoms with Crippen LogP contribution in [0.5, 0.6) is 0 Å². The molecule has 0 radical (unpaired) electrons. The Labute approximate surface area is 86.8 Å². The van der Waals surface area contributed by atoms with Gasteiger partial charge in [-0.15, -0.1) is 0 Å². The van der Waals surface area contributed by atoms with Crippen LogP contribution >= 0.6 is 11.8 Å². The van der Waals surface area contributed by atoms with Gasteiger partial charge >= 0.3 is 6.43 Å². The van der Waals surface area contributed by atoms with Gasteiger partial charge in [-0.25, -0.2) is 0 Å². The minimum absolute atomic E-state index is 0.0412. The lowest BCUT2D eigenvalue weighted by atomic mass is 10.2. The zero-order chi connectivity index (χ0) is 10.6. The first kappa shape index (κ1) is 11.8. The van der Waals surface area contributed by atoms with Gasteiger partial charge in [-0.3, -0.25) is 4.79 Å². The van der Waals surface area contributed by atoms with Crippen molar-refractivity contribution in [2.45, 2.75) is 43.9 Å². The number of hydrogen-bond donors (Lipinski definition) is 1. The van der Waals surface area contributed by atoms with Crippen LogP contribution in [-0.4, -0.2) is 29.4 Å². The van der Waals surface area contributed by atoms with Crippen molar-refractivity contribution in [1.82, 2.24) is 5.32 Å². The number of thioether (sulfide) groups is 1. The molecule has 1 amide bonds. The molecule has 1 saturated carbocycles. The Balaban J connectivity index is 2.25. The zero-order valence-corrected chi connectivity index (χ0v) is 8.95. The second-order valence-electron chi connectivity index (χ2n) is 3.40. The lowest BCUT2D eigenvalue weighted by molar-refractivity contribution is -0.132. The number of carbonyl (C=O) groups excluding carboxylic acids is 1. The van der Waals surface area contributed by atoms with Crippen LogP contribution in [0.4, 0.5) is 8.78 Å². The smallest absolute Gasteiger partial charge is 0.315 e. The minimum Gasteiger partial charge on any atom is -0.348 e. The number of amides is 1. The van der Waals surface area contributed by atoms with E-state index in [0.717, 1.165) is 25.0 Å². The molecule has 0 aromatic heterocycles. The van der Waals surface area contributed by atoms with Crippen LogP contribution in [0.1, 0.15) is 26.2 Å². The molecule has 2 unspecified atom stereocenters. The molecule has 82 valence electrons. The average Bonchev–Trinajstić information content (AvgIpc) is 2.53. The highest BCUT2D eigenvalue weighted by Gasteiger charge is 2.27. The maximum absolute atomic E-state index is 11.9. The summed E-state index contributed by atoms with van der Waals surface area (Å²) in [5.74, 6) is -0.0858. The Morgan fingerprint density at radius 2 is 2.29 bits per heavy atom. The van der Waals surface area contributed by atoms with Crippen molar-refractivity contribution in [2.24, 2.45) is 0 Å². The highest BCUT2D eigenvalue weighted by molar-refractivity contribution is 7.99. The highest BCUT2D eigenvalue weighted by Crippen LogP contribution is 2.29. The molecule has 1 fully saturated rings. The minimum atomic E-state index is -2.88. The first-order valence-electron chi connectivity index (χ1n) is 4.83. The Morgan fingerprint density at radius 1 is 1.57 bits per heavy atom. The fraction of sp³-hybridized carbons (Fsp3) is 0.889. The number of alkyl halides is 2. The van der Waals surface area contributed by atoms with Crippen LogP contribution in [0.15, 0.2) is 0 Å². The maximum Gasteiger partial charge on any atom is 0.315 e. The third-order valence-electron chi connectivity index (χ3n) is 2.33. The molecule has 0 aromatic carbocycles.